The molecule has 0 aliphatic heterocycles. The summed E-state index contributed by atoms with van der Waals surface area (Å²) >= 11 is 1.89. The van der Waals surface area contributed by atoms with Gasteiger partial charge in [-0.15, -0.1) is 11.3 Å². The molecule has 3 aromatic heterocycles. The largest absolute Gasteiger partial charge is 0.308 e. The molecular weight excluding hydrogens is 577 g/mol. The zero-order chi connectivity index (χ0) is 30.5. The van der Waals surface area contributed by atoms with Gasteiger partial charge in [-0.2, -0.15) is 0 Å². The molecular formula is C43H28N2S. The fraction of sp³-hybridized carbons (Fsp3) is 0. The van der Waals surface area contributed by atoms with Crippen LogP contribution in [0, 0.1) is 0 Å². The van der Waals surface area contributed by atoms with Crippen molar-refractivity contribution < 1.29 is 0 Å². The highest BCUT2D eigenvalue weighted by Crippen LogP contribution is 2.45. The van der Waals surface area contributed by atoms with Crippen molar-refractivity contribution in [1.82, 2.24) is 9.55 Å². The van der Waals surface area contributed by atoms with Crippen molar-refractivity contribution in [3.8, 4) is 50.5 Å². The van der Waals surface area contributed by atoms with E-state index in [4.69, 9.17) is 4.98 Å². The van der Waals surface area contributed by atoms with Gasteiger partial charge >= 0.3 is 0 Å². The lowest BCUT2D eigenvalue weighted by Crippen LogP contribution is -1.93. The Kier molecular flexibility index (Phi) is 6.36. The Balaban J connectivity index is 1.23. The quantitative estimate of drug-likeness (QED) is 0.191. The predicted molar refractivity (Wildman–Crippen MR) is 196 cm³/mol. The number of aromatic nitrogens is 2. The Bertz CT molecular complexity index is 2450. The van der Waals surface area contributed by atoms with Crippen LogP contribution in [-0.2, 0) is 0 Å². The lowest BCUT2D eigenvalue weighted by Gasteiger charge is -2.12. The first-order valence-electron chi connectivity index (χ1n) is 15.6. The summed E-state index contributed by atoms with van der Waals surface area (Å²) in [5.74, 6) is 0. The fourth-order valence-electron chi connectivity index (χ4n) is 6.64. The van der Waals surface area contributed by atoms with E-state index in [0.29, 0.717) is 0 Å². The summed E-state index contributed by atoms with van der Waals surface area (Å²) in [6.07, 6.45) is 0. The van der Waals surface area contributed by atoms with Crippen molar-refractivity contribution >= 4 is 42.5 Å². The van der Waals surface area contributed by atoms with E-state index in [1.165, 1.54) is 53.6 Å². The number of pyridine rings is 1. The Labute approximate surface area is 271 Å². The third-order valence-electron chi connectivity index (χ3n) is 8.79. The van der Waals surface area contributed by atoms with E-state index in [9.17, 15) is 0 Å². The predicted octanol–water partition coefficient (Wildman–Crippen LogP) is 12.1. The molecule has 0 fully saturated rings. The average molecular weight is 605 g/mol. The van der Waals surface area contributed by atoms with E-state index in [-0.39, 0.29) is 0 Å². The van der Waals surface area contributed by atoms with E-state index >= 15 is 0 Å². The maximum absolute atomic E-state index is 5.20. The van der Waals surface area contributed by atoms with E-state index in [1.807, 2.05) is 17.4 Å². The molecule has 9 aromatic rings. The molecule has 2 nitrogen and oxygen atoms in total. The molecule has 0 aliphatic rings. The van der Waals surface area contributed by atoms with Gasteiger partial charge in [0.15, 0.2) is 0 Å². The van der Waals surface area contributed by atoms with E-state index in [0.717, 1.165) is 28.1 Å². The lowest BCUT2D eigenvalue weighted by molar-refractivity contribution is 1.19. The van der Waals surface area contributed by atoms with Gasteiger partial charge in [0.05, 0.1) is 27.1 Å². The lowest BCUT2D eigenvalue weighted by atomic mass is 9.97. The van der Waals surface area contributed by atoms with Gasteiger partial charge in [0.1, 0.15) is 0 Å². The number of hydrogen-bond donors (Lipinski definition) is 0. The van der Waals surface area contributed by atoms with Crippen LogP contribution in [0.2, 0.25) is 0 Å². The van der Waals surface area contributed by atoms with Crippen molar-refractivity contribution in [2.45, 2.75) is 0 Å². The molecule has 0 unspecified atom stereocenters. The minimum Gasteiger partial charge on any atom is -0.308 e. The van der Waals surface area contributed by atoms with Crippen molar-refractivity contribution in [2.24, 2.45) is 0 Å². The maximum Gasteiger partial charge on any atom is 0.0727 e. The molecule has 0 N–H and O–H groups in total. The fourth-order valence-corrected chi connectivity index (χ4v) is 8.00. The average Bonchev–Trinajstić information content (AvgIpc) is 3.67. The van der Waals surface area contributed by atoms with Crippen LogP contribution in [0.4, 0.5) is 0 Å². The monoisotopic (exact) mass is 604 g/mol. The van der Waals surface area contributed by atoms with Crippen molar-refractivity contribution in [3.63, 3.8) is 0 Å². The summed E-state index contributed by atoms with van der Waals surface area (Å²) in [5, 5.41) is 2.57. The number of nitrogens with zero attached hydrogens (tertiary/aromatic N) is 2. The first kappa shape index (κ1) is 26.6. The first-order valence-corrected chi connectivity index (χ1v) is 16.4. The molecule has 0 bridgehead atoms. The summed E-state index contributed by atoms with van der Waals surface area (Å²) in [4.78, 5) is 5.20. The van der Waals surface area contributed by atoms with Gasteiger partial charge in [-0.25, -0.2) is 4.98 Å². The zero-order valence-corrected chi connectivity index (χ0v) is 25.8. The molecule has 0 saturated heterocycles. The minimum atomic E-state index is 0.965. The van der Waals surface area contributed by atoms with Gasteiger partial charge in [-0.1, -0.05) is 133 Å². The molecule has 9 rings (SSSR count). The Hall–Kier alpha value is -5.77. The smallest absolute Gasteiger partial charge is 0.0727 e. The minimum absolute atomic E-state index is 0.965. The number of hydrogen-bond acceptors (Lipinski definition) is 2. The summed E-state index contributed by atoms with van der Waals surface area (Å²) in [6.45, 7) is 0. The van der Waals surface area contributed by atoms with Gasteiger partial charge in [-0.05, 0) is 58.7 Å². The number of fused-ring (bicyclic) bond motifs is 5. The highest BCUT2D eigenvalue weighted by Gasteiger charge is 2.19. The van der Waals surface area contributed by atoms with Crippen LogP contribution in [0.5, 0.6) is 0 Å². The van der Waals surface area contributed by atoms with Gasteiger partial charge < -0.3 is 4.57 Å². The van der Waals surface area contributed by atoms with Crippen LogP contribution < -0.4 is 0 Å². The number of para-hydroxylation sites is 2. The standard InChI is InChI=1S/C43H28N2S/c1-4-14-29(15-5-1)33-27-38(30-16-6-2-7-17-30)44-39(28-33)32-19-12-18-31(26-32)35-23-13-24-37-41-43(46-42(35)37)36-22-10-11-25-40(36)45(41)34-20-8-3-9-21-34/h1-28H. The molecule has 0 aliphatic carbocycles. The third-order valence-corrected chi connectivity index (χ3v) is 10.0. The Morgan fingerprint density at radius 2 is 1.00 bits per heavy atom. The van der Waals surface area contributed by atoms with Crippen molar-refractivity contribution in [3.05, 3.63) is 170 Å². The second-order valence-corrected chi connectivity index (χ2v) is 12.6. The third kappa shape index (κ3) is 4.44. The van der Waals surface area contributed by atoms with Crippen LogP contribution in [0.25, 0.3) is 81.7 Å². The topological polar surface area (TPSA) is 17.8 Å². The van der Waals surface area contributed by atoms with Crippen LogP contribution in [0.15, 0.2) is 170 Å². The zero-order valence-electron chi connectivity index (χ0n) is 25.0. The number of thiophene rings is 1. The molecule has 0 spiro atoms. The normalized spacial score (nSPS) is 11.5. The van der Waals surface area contributed by atoms with Gasteiger partial charge in [-0.3, -0.25) is 0 Å². The molecule has 0 atom stereocenters. The SMILES string of the molecule is c1ccc(-c2cc(-c3ccccc3)nc(-c3cccc(-c4cccc5c4sc4c6ccccc6n(-c6ccccc6)c54)c3)c2)cc1. The van der Waals surface area contributed by atoms with Crippen molar-refractivity contribution in [1.29, 1.82) is 0 Å². The van der Waals surface area contributed by atoms with Crippen LogP contribution in [0.3, 0.4) is 0 Å². The van der Waals surface area contributed by atoms with Crippen LogP contribution >= 0.6 is 11.3 Å². The summed E-state index contributed by atoms with van der Waals surface area (Å²) in [7, 11) is 0. The molecule has 0 radical (unpaired) electrons. The van der Waals surface area contributed by atoms with E-state index < -0.39 is 0 Å². The first-order chi connectivity index (χ1) is 22.8. The molecule has 3 heterocycles. The maximum atomic E-state index is 5.20. The number of rotatable bonds is 5. The Morgan fingerprint density at radius 3 is 1.78 bits per heavy atom. The molecule has 0 saturated carbocycles. The highest BCUT2D eigenvalue weighted by atomic mass is 32.1. The van der Waals surface area contributed by atoms with Gasteiger partial charge in [0, 0.05) is 32.3 Å². The Morgan fingerprint density at radius 1 is 0.413 bits per heavy atom. The van der Waals surface area contributed by atoms with E-state index in [2.05, 4.69) is 168 Å². The molecule has 3 heteroatoms. The highest BCUT2D eigenvalue weighted by molar-refractivity contribution is 7.27. The summed E-state index contributed by atoms with van der Waals surface area (Å²) in [6, 6.07) is 60.5. The summed E-state index contributed by atoms with van der Waals surface area (Å²) in [5.41, 5.74) is 12.6. The van der Waals surface area contributed by atoms with Crippen LogP contribution in [-0.4, -0.2) is 9.55 Å². The van der Waals surface area contributed by atoms with Crippen molar-refractivity contribution in [2.75, 3.05) is 0 Å². The second kappa shape index (κ2) is 11.0. The molecule has 0 amide bonds. The molecule has 46 heavy (non-hydrogen) atoms. The second-order valence-electron chi connectivity index (χ2n) is 11.6. The van der Waals surface area contributed by atoms with Gasteiger partial charge in [0.2, 0.25) is 0 Å². The summed E-state index contributed by atoms with van der Waals surface area (Å²) < 4.78 is 5.05. The van der Waals surface area contributed by atoms with Crippen LogP contribution in [0.1, 0.15) is 0 Å². The number of benzene rings is 6. The van der Waals surface area contributed by atoms with Gasteiger partial charge in [0.25, 0.3) is 0 Å². The van der Waals surface area contributed by atoms with E-state index in [1.54, 1.807) is 0 Å². The molecule has 6 aromatic carbocycles. The molecule has 216 valence electrons.